The number of nitrogens with one attached hydrogen (secondary N) is 2. The first kappa shape index (κ1) is 14.3. The van der Waals surface area contributed by atoms with Crippen molar-refractivity contribution < 1.29 is 0 Å². The van der Waals surface area contributed by atoms with Crippen LogP contribution in [-0.2, 0) is 0 Å². The smallest absolute Gasteiger partial charge is 0.0478 e. The van der Waals surface area contributed by atoms with Crippen LogP contribution in [0.15, 0.2) is 29.2 Å². The van der Waals surface area contributed by atoms with Gasteiger partial charge in [0.1, 0.15) is 0 Å². The summed E-state index contributed by atoms with van der Waals surface area (Å²) in [6, 6.07) is 8.86. The highest BCUT2D eigenvalue weighted by atomic mass is 32.2. The number of benzene rings is 1. The van der Waals surface area contributed by atoms with Gasteiger partial charge in [-0.15, -0.1) is 11.8 Å². The summed E-state index contributed by atoms with van der Waals surface area (Å²) in [5.74, 6) is 0.834. The Morgan fingerprint density at radius 3 is 2.60 bits per heavy atom. The Morgan fingerprint density at radius 2 is 1.80 bits per heavy atom. The molecule has 1 saturated heterocycles. The number of piperidine rings is 1. The lowest BCUT2D eigenvalue weighted by molar-refractivity contribution is 0.390. The zero-order chi connectivity index (χ0) is 13.6. The van der Waals surface area contributed by atoms with Crippen molar-refractivity contribution in [2.75, 3.05) is 25.0 Å². The third-order valence-corrected chi connectivity index (χ3v) is 5.94. The maximum Gasteiger partial charge on any atom is 0.0478 e. The van der Waals surface area contributed by atoms with Gasteiger partial charge in [-0.1, -0.05) is 25.0 Å². The van der Waals surface area contributed by atoms with Gasteiger partial charge >= 0.3 is 0 Å². The van der Waals surface area contributed by atoms with E-state index in [1.807, 2.05) is 0 Å². The second-order valence-corrected chi connectivity index (χ2v) is 7.44. The van der Waals surface area contributed by atoms with E-state index in [-0.39, 0.29) is 0 Å². The van der Waals surface area contributed by atoms with Crippen molar-refractivity contribution in [1.82, 2.24) is 5.32 Å². The molecule has 2 N–H and O–H groups in total. The maximum absolute atomic E-state index is 3.71. The molecule has 2 nitrogen and oxygen atoms in total. The monoisotopic (exact) mass is 290 g/mol. The first-order valence-electron chi connectivity index (χ1n) is 8.12. The van der Waals surface area contributed by atoms with Crippen LogP contribution in [0.3, 0.4) is 0 Å². The van der Waals surface area contributed by atoms with Crippen LogP contribution in [-0.4, -0.2) is 24.9 Å². The van der Waals surface area contributed by atoms with Gasteiger partial charge in [0.05, 0.1) is 0 Å². The van der Waals surface area contributed by atoms with Gasteiger partial charge in [0.25, 0.3) is 0 Å². The first-order chi connectivity index (χ1) is 9.92. The van der Waals surface area contributed by atoms with E-state index >= 15 is 0 Å². The van der Waals surface area contributed by atoms with Crippen LogP contribution in [0.25, 0.3) is 0 Å². The van der Waals surface area contributed by atoms with Crippen LogP contribution in [0.5, 0.6) is 0 Å². The van der Waals surface area contributed by atoms with Crippen molar-refractivity contribution in [1.29, 1.82) is 0 Å². The summed E-state index contributed by atoms with van der Waals surface area (Å²) in [4.78, 5) is 1.45. The van der Waals surface area contributed by atoms with Gasteiger partial charge in [0.2, 0.25) is 0 Å². The number of rotatable bonds is 5. The minimum atomic E-state index is 0.834. The zero-order valence-electron chi connectivity index (χ0n) is 12.2. The molecule has 0 radical (unpaired) electrons. The number of anilines is 1. The van der Waals surface area contributed by atoms with Crippen molar-refractivity contribution in [2.45, 2.75) is 48.7 Å². The number of thioether (sulfide) groups is 1. The molecule has 1 aliphatic heterocycles. The molecule has 1 aliphatic carbocycles. The Bertz CT molecular complexity index is 409. The number of hydrogen-bond donors (Lipinski definition) is 2. The summed E-state index contributed by atoms with van der Waals surface area (Å²) >= 11 is 2.09. The average molecular weight is 290 g/mol. The van der Waals surface area contributed by atoms with Crippen LogP contribution in [0.1, 0.15) is 38.5 Å². The lowest BCUT2D eigenvalue weighted by Crippen LogP contribution is -2.31. The highest BCUT2D eigenvalue weighted by Gasteiger charge is 2.18. The van der Waals surface area contributed by atoms with Gasteiger partial charge in [-0.3, -0.25) is 0 Å². The van der Waals surface area contributed by atoms with Gasteiger partial charge in [-0.25, -0.2) is 0 Å². The van der Waals surface area contributed by atoms with E-state index in [0.717, 1.165) is 17.7 Å². The first-order valence-corrected chi connectivity index (χ1v) is 9.00. The zero-order valence-corrected chi connectivity index (χ0v) is 13.1. The molecule has 2 aliphatic rings. The Hall–Kier alpha value is -0.670. The quantitative estimate of drug-likeness (QED) is 0.852. The molecule has 0 bridgehead atoms. The highest BCUT2D eigenvalue weighted by Crippen LogP contribution is 2.38. The molecule has 1 heterocycles. The van der Waals surface area contributed by atoms with Gasteiger partial charge in [0, 0.05) is 22.4 Å². The van der Waals surface area contributed by atoms with Gasteiger partial charge in [0.15, 0.2) is 0 Å². The molecule has 1 saturated carbocycles. The minimum absolute atomic E-state index is 0.834. The van der Waals surface area contributed by atoms with Crippen molar-refractivity contribution in [3.05, 3.63) is 24.3 Å². The fourth-order valence-electron chi connectivity index (χ4n) is 3.24. The minimum Gasteiger partial charge on any atom is -0.384 e. The molecular weight excluding hydrogens is 264 g/mol. The highest BCUT2D eigenvalue weighted by molar-refractivity contribution is 8.00. The SMILES string of the molecule is c1ccc(SC2CCCC2)c(NCC2CCNCC2)c1. The predicted molar refractivity (Wildman–Crippen MR) is 88.6 cm³/mol. The molecule has 110 valence electrons. The Balaban J connectivity index is 1.57. The summed E-state index contributed by atoms with van der Waals surface area (Å²) in [6.45, 7) is 3.50. The summed E-state index contributed by atoms with van der Waals surface area (Å²) < 4.78 is 0. The van der Waals surface area contributed by atoms with Crippen LogP contribution in [0.4, 0.5) is 5.69 Å². The van der Waals surface area contributed by atoms with Crippen LogP contribution in [0.2, 0.25) is 0 Å². The Kier molecular flexibility index (Phi) is 5.26. The normalized spacial score (nSPS) is 21.2. The van der Waals surface area contributed by atoms with Gasteiger partial charge in [-0.2, -0.15) is 0 Å². The number of para-hydroxylation sites is 1. The molecule has 1 aromatic carbocycles. The largest absolute Gasteiger partial charge is 0.384 e. The van der Waals surface area contributed by atoms with Crippen molar-refractivity contribution >= 4 is 17.4 Å². The third-order valence-electron chi connectivity index (χ3n) is 4.52. The fraction of sp³-hybridized carbons (Fsp3) is 0.647. The van der Waals surface area contributed by atoms with E-state index in [9.17, 15) is 0 Å². The average Bonchev–Trinajstić information content (AvgIpc) is 3.00. The summed E-state index contributed by atoms with van der Waals surface area (Å²) in [5, 5.41) is 7.99. The molecule has 0 aromatic heterocycles. The molecule has 2 fully saturated rings. The molecule has 0 spiro atoms. The fourth-order valence-corrected chi connectivity index (χ4v) is 4.59. The summed E-state index contributed by atoms with van der Waals surface area (Å²) in [5.41, 5.74) is 1.35. The van der Waals surface area contributed by atoms with Crippen molar-refractivity contribution in [3.8, 4) is 0 Å². The molecule has 20 heavy (non-hydrogen) atoms. The second kappa shape index (κ2) is 7.37. The second-order valence-electron chi connectivity index (χ2n) is 6.09. The Labute approximate surface area is 127 Å². The molecular formula is C17H26N2S. The van der Waals surface area contributed by atoms with E-state index in [4.69, 9.17) is 0 Å². The van der Waals surface area contributed by atoms with Crippen LogP contribution in [0, 0.1) is 5.92 Å². The van der Waals surface area contributed by atoms with Crippen molar-refractivity contribution in [3.63, 3.8) is 0 Å². The third kappa shape index (κ3) is 3.92. The van der Waals surface area contributed by atoms with Gasteiger partial charge in [-0.05, 0) is 56.8 Å². The van der Waals surface area contributed by atoms with Crippen LogP contribution < -0.4 is 10.6 Å². The van der Waals surface area contributed by atoms with E-state index in [2.05, 4.69) is 46.7 Å². The molecule has 3 rings (SSSR count). The van der Waals surface area contributed by atoms with E-state index in [1.165, 1.54) is 62.2 Å². The maximum atomic E-state index is 3.71. The van der Waals surface area contributed by atoms with Crippen molar-refractivity contribution in [2.24, 2.45) is 5.92 Å². The lowest BCUT2D eigenvalue weighted by atomic mass is 9.98. The lowest BCUT2D eigenvalue weighted by Gasteiger charge is -2.24. The van der Waals surface area contributed by atoms with E-state index < -0.39 is 0 Å². The molecule has 1 aromatic rings. The summed E-state index contributed by atoms with van der Waals surface area (Å²) in [6.07, 6.45) is 8.25. The Morgan fingerprint density at radius 1 is 1.05 bits per heavy atom. The standard InChI is InChI=1S/C17H26N2S/c1-2-6-15(5-1)20-17-8-4-3-7-16(17)19-13-14-9-11-18-12-10-14/h3-4,7-8,14-15,18-19H,1-2,5-6,9-13H2. The number of hydrogen-bond acceptors (Lipinski definition) is 3. The van der Waals surface area contributed by atoms with Crippen LogP contribution >= 0.6 is 11.8 Å². The molecule has 3 heteroatoms. The predicted octanol–water partition coefficient (Wildman–Crippen LogP) is 4.13. The molecule has 0 amide bonds. The van der Waals surface area contributed by atoms with Gasteiger partial charge < -0.3 is 10.6 Å². The van der Waals surface area contributed by atoms with E-state index in [0.29, 0.717) is 0 Å². The van der Waals surface area contributed by atoms with E-state index in [1.54, 1.807) is 0 Å². The molecule has 0 unspecified atom stereocenters. The topological polar surface area (TPSA) is 24.1 Å². The summed E-state index contributed by atoms with van der Waals surface area (Å²) in [7, 11) is 0. The molecule has 0 atom stereocenters.